The lowest BCUT2D eigenvalue weighted by Gasteiger charge is -2.17. The smallest absolute Gasteiger partial charge is 0.105 e. The van der Waals surface area contributed by atoms with Gasteiger partial charge < -0.3 is 5.11 Å². The Balaban J connectivity index is 2.18. The van der Waals surface area contributed by atoms with Crippen LogP contribution in [0, 0.1) is 6.92 Å². The molecule has 0 aliphatic rings. The molecular formula is C18H15ClO. The van der Waals surface area contributed by atoms with Gasteiger partial charge >= 0.3 is 0 Å². The SMILES string of the molecule is Cc1ccc2ccccc2c1[C@@H](O)c1ccc(Cl)cc1. The van der Waals surface area contributed by atoms with Crippen LogP contribution in [0.25, 0.3) is 10.8 Å². The van der Waals surface area contributed by atoms with Crippen LogP contribution in [0.2, 0.25) is 5.02 Å². The molecule has 2 heteroatoms. The fraction of sp³-hybridized carbons (Fsp3) is 0.111. The third kappa shape index (κ3) is 2.31. The zero-order valence-electron chi connectivity index (χ0n) is 11.2. The molecule has 3 aromatic carbocycles. The molecule has 0 fully saturated rings. The van der Waals surface area contributed by atoms with Crippen LogP contribution >= 0.6 is 11.6 Å². The minimum absolute atomic E-state index is 0.640. The highest BCUT2D eigenvalue weighted by Gasteiger charge is 2.15. The van der Waals surface area contributed by atoms with E-state index in [2.05, 4.69) is 24.3 Å². The van der Waals surface area contributed by atoms with Crippen LogP contribution < -0.4 is 0 Å². The van der Waals surface area contributed by atoms with Crippen molar-refractivity contribution in [1.29, 1.82) is 0 Å². The van der Waals surface area contributed by atoms with E-state index in [-0.39, 0.29) is 0 Å². The molecule has 3 aromatic rings. The second-order valence-corrected chi connectivity index (χ2v) is 5.41. The van der Waals surface area contributed by atoms with Crippen molar-refractivity contribution in [2.45, 2.75) is 13.0 Å². The number of fused-ring (bicyclic) bond motifs is 1. The first kappa shape index (κ1) is 13.2. The first-order valence-electron chi connectivity index (χ1n) is 6.58. The summed E-state index contributed by atoms with van der Waals surface area (Å²) in [6, 6.07) is 19.6. The van der Waals surface area contributed by atoms with Gasteiger partial charge in [0.1, 0.15) is 6.10 Å². The number of hydrogen-bond donors (Lipinski definition) is 1. The molecule has 0 radical (unpaired) electrons. The fourth-order valence-electron chi connectivity index (χ4n) is 2.58. The Labute approximate surface area is 123 Å². The average Bonchev–Trinajstić information content (AvgIpc) is 2.47. The van der Waals surface area contributed by atoms with Crippen molar-refractivity contribution in [2.75, 3.05) is 0 Å². The number of benzene rings is 3. The summed E-state index contributed by atoms with van der Waals surface area (Å²) in [7, 11) is 0. The Hall–Kier alpha value is -1.83. The Morgan fingerprint density at radius 2 is 1.60 bits per heavy atom. The molecule has 20 heavy (non-hydrogen) atoms. The molecule has 0 heterocycles. The van der Waals surface area contributed by atoms with E-state index in [1.807, 2.05) is 31.2 Å². The summed E-state index contributed by atoms with van der Waals surface area (Å²) >= 11 is 5.91. The summed E-state index contributed by atoms with van der Waals surface area (Å²) in [5.41, 5.74) is 2.91. The maximum atomic E-state index is 10.7. The van der Waals surface area contributed by atoms with Crippen LogP contribution in [-0.2, 0) is 0 Å². The molecule has 0 amide bonds. The highest BCUT2D eigenvalue weighted by atomic mass is 35.5. The van der Waals surface area contributed by atoms with Crippen molar-refractivity contribution in [3.05, 3.63) is 82.4 Å². The molecule has 0 aliphatic heterocycles. The maximum absolute atomic E-state index is 10.7. The van der Waals surface area contributed by atoms with E-state index >= 15 is 0 Å². The Kier molecular flexibility index (Phi) is 3.47. The minimum Gasteiger partial charge on any atom is -0.384 e. The van der Waals surface area contributed by atoms with Gasteiger partial charge in [0, 0.05) is 5.02 Å². The number of hydrogen-bond acceptors (Lipinski definition) is 1. The summed E-state index contributed by atoms with van der Waals surface area (Å²) in [4.78, 5) is 0. The predicted octanol–water partition coefficient (Wildman–Crippen LogP) is 4.88. The second-order valence-electron chi connectivity index (χ2n) is 4.97. The van der Waals surface area contributed by atoms with Crippen LogP contribution in [0.15, 0.2) is 60.7 Å². The molecule has 3 rings (SSSR count). The van der Waals surface area contributed by atoms with Gasteiger partial charge in [0.15, 0.2) is 0 Å². The molecule has 0 aliphatic carbocycles. The Morgan fingerprint density at radius 1 is 0.900 bits per heavy atom. The van der Waals surface area contributed by atoms with Gasteiger partial charge in [-0.2, -0.15) is 0 Å². The molecule has 0 spiro atoms. The molecule has 0 aromatic heterocycles. The van der Waals surface area contributed by atoms with Gasteiger partial charge in [-0.05, 0) is 46.5 Å². The minimum atomic E-state index is -0.640. The summed E-state index contributed by atoms with van der Waals surface area (Å²) in [6.07, 6.45) is -0.640. The standard InChI is InChI=1S/C18H15ClO/c1-12-6-7-13-4-2-3-5-16(13)17(12)18(20)14-8-10-15(19)11-9-14/h2-11,18,20H,1H3/t18-/m0/s1. The summed E-state index contributed by atoms with van der Waals surface area (Å²) < 4.78 is 0. The van der Waals surface area contributed by atoms with Crippen LogP contribution in [0.1, 0.15) is 22.8 Å². The summed E-state index contributed by atoms with van der Waals surface area (Å²) in [5.74, 6) is 0. The van der Waals surface area contributed by atoms with Crippen molar-refractivity contribution in [3.8, 4) is 0 Å². The van der Waals surface area contributed by atoms with E-state index in [9.17, 15) is 5.11 Å². The summed E-state index contributed by atoms with van der Waals surface area (Å²) in [6.45, 7) is 2.03. The van der Waals surface area contributed by atoms with Gasteiger partial charge in [-0.15, -0.1) is 0 Å². The largest absolute Gasteiger partial charge is 0.384 e. The molecule has 100 valence electrons. The van der Waals surface area contributed by atoms with Gasteiger partial charge in [-0.1, -0.05) is 60.1 Å². The summed E-state index contributed by atoms with van der Waals surface area (Å²) in [5, 5.41) is 13.6. The number of halogens is 1. The number of aliphatic hydroxyl groups excluding tert-OH is 1. The number of aryl methyl sites for hydroxylation is 1. The van der Waals surface area contributed by atoms with Crippen molar-refractivity contribution in [3.63, 3.8) is 0 Å². The topological polar surface area (TPSA) is 20.2 Å². The monoisotopic (exact) mass is 282 g/mol. The van der Waals surface area contributed by atoms with Crippen LogP contribution in [0.3, 0.4) is 0 Å². The predicted molar refractivity (Wildman–Crippen MR) is 84.2 cm³/mol. The quantitative estimate of drug-likeness (QED) is 0.710. The van der Waals surface area contributed by atoms with E-state index in [4.69, 9.17) is 11.6 Å². The molecule has 0 bridgehead atoms. The van der Waals surface area contributed by atoms with Crippen molar-refractivity contribution in [2.24, 2.45) is 0 Å². The van der Waals surface area contributed by atoms with Gasteiger partial charge in [0.05, 0.1) is 0 Å². The molecular weight excluding hydrogens is 268 g/mol. The first-order valence-corrected chi connectivity index (χ1v) is 6.96. The fourth-order valence-corrected chi connectivity index (χ4v) is 2.71. The van der Waals surface area contributed by atoms with Crippen LogP contribution in [-0.4, -0.2) is 5.11 Å². The third-order valence-corrected chi connectivity index (χ3v) is 3.90. The van der Waals surface area contributed by atoms with Crippen molar-refractivity contribution in [1.82, 2.24) is 0 Å². The Bertz CT molecular complexity index is 747. The normalized spacial score (nSPS) is 12.6. The molecule has 0 saturated carbocycles. The number of rotatable bonds is 2. The van der Waals surface area contributed by atoms with E-state index in [0.717, 1.165) is 27.5 Å². The lowest BCUT2D eigenvalue weighted by molar-refractivity contribution is 0.221. The van der Waals surface area contributed by atoms with Crippen LogP contribution in [0.5, 0.6) is 0 Å². The highest BCUT2D eigenvalue weighted by Crippen LogP contribution is 2.32. The van der Waals surface area contributed by atoms with Gasteiger partial charge in [-0.25, -0.2) is 0 Å². The average molecular weight is 283 g/mol. The van der Waals surface area contributed by atoms with Crippen LogP contribution in [0.4, 0.5) is 0 Å². The molecule has 1 N–H and O–H groups in total. The molecule has 0 saturated heterocycles. The zero-order chi connectivity index (χ0) is 14.1. The maximum Gasteiger partial charge on any atom is 0.105 e. The van der Waals surface area contributed by atoms with Crippen molar-refractivity contribution < 1.29 is 5.11 Å². The highest BCUT2D eigenvalue weighted by molar-refractivity contribution is 6.30. The van der Waals surface area contributed by atoms with Gasteiger partial charge in [0.2, 0.25) is 0 Å². The number of aliphatic hydroxyl groups is 1. The van der Waals surface area contributed by atoms with Crippen molar-refractivity contribution >= 4 is 22.4 Å². The second kappa shape index (κ2) is 5.28. The van der Waals surface area contributed by atoms with E-state index in [1.54, 1.807) is 12.1 Å². The third-order valence-electron chi connectivity index (χ3n) is 3.65. The Morgan fingerprint density at radius 3 is 2.35 bits per heavy atom. The van der Waals surface area contributed by atoms with E-state index in [0.29, 0.717) is 5.02 Å². The zero-order valence-corrected chi connectivity index (χ0v) is 11.9. The van der Waals surface area contributed by atoms with Gasteiger partial charge in [-0.3, -0.25) is 0 Å². The van der Waals surface area contributed by atoms with Gasteiger partial charge in [0.25, 0.3) is 0 Å². The molecule has 0 unspecified atom stereocenters. The molecule has 1 nitrogen and oxygen atoms in total. The first-order chi connectivity index (χ1) is 9.66. The van der Waals surface area contributed by atoms with E-state index in [1.165, 1.54) is 0 Å². The lowest BCUT2D eigenvalue weighted by Crippen LogP contribution is -2.03. The lowest BCUT2D eigenvalue weighted by atomic mass is 9.92. The van der Waals surface area contributed by atoms with E-state index < -0.39 is 6.10 Å². The molecule has 1 atom stereocenters.